The third-order valence-electron chi connectivity index (χ3n) is 8.93. The van der Waals surface area contributed by atoms with Gasteiger partial charge in [-0.2, -0.15) is 0 Å². The van der Waals surface area contributed by atoms with Crippen molar-refractivity contribution < 1.29 is 44.8 Å². The zero-order valence-corrected chi connectivity index (χ0v) is 36.0. The van der Waals surface area contributed by atoms with Gasteiger partial charge >= 0.3 is 44.8 Å². The molecule has 0 N–H and O–H groups in total. The van der Waals surface area contributed by atoms with Crippen LogP contribution in [0.4, 0.5) is 0 Å². The Labute approximate surface area is 355 Å². The van der Waals surface area contributed by atoms with Gasteiger partial charge in [0.25, 0.3) is 0 Å². The summed E-state index contributed by atoms with van der Waals surface area (Å²) in [6, 6.07) is 72.4. The van der Waals surface area contributed by atoms with Gasteiger partial charge in [-0.15, -0.1) is 29.3 Å². The standard InChI is InChI=1S/C26H24P2.2C12H7.2Au/c1-5-13-23(14-6-1)27(24-15-7-2-8-16-24)21-22-28(25-17-9-3-10-18-25)26-19-11-4-12-20-26;1-2-10-7-5-8-11-6-3-4-9-12(10)11;1-2-10-7-8-11-5-3-4-6-12(11)9-10;;/h1-20H,21-22H2;2*3-9H;;/q;2*-1;2*+1/p+2. The van der Waals surface area contributed by atoms with Gasteiger partial charge in [-0.25, -0.2) is 0 Å². The summed E-state index contributed by atoms with van der Waals surface area (Å²) in [6.07, 6.45) is 16.6. The van der Waals surface area contributed by atoms with Crippen LogP contribution >= 0.6 is 15.8 Å². The molecule has 8 aromatic carbocycles. The van der Waals surface area contributed by atoms with Crippen LogP contribution in [0.3, 0.4) is 0 Å². The second kappa shape index (κ2) is 22.8. The van der Waals surface area contributed by atoms with Gasteiger partial charge in [0.05, 0.1) is 37.1 Å². The summed E-state index contributed by atoms with van der Waals surface area (Å²) in [6.45, 7) is 0. The summed E-state index contributed by atoms with van der Waals surface area (Å²) in [5, 5.41) is 10.7. The summed E-state index contributed by atoms with van der Waals surface area (Å²) in [4.78, 5) is 0. The molecule has 0 unspecified atom stereocenters. The van der Waals surface area contributed by atoms with E-state index in [1.54, 1.807) is 0 Å². The van der Waals surface area contributed by atoms with E-state index in [0.717, 1.165) is 27.3 Å². The first-order valence-corrected chi connectivity index (χ1v) is 20.9. The third kappa shape index (κ3) is 11.9. The van der Waals surface area contributed by atoms with E-state index < -0.39 is 15.8 Å². The largest absolute Gasteiger partial charge is 1.00 e. The van der Waals surface area contributed by atoms with Crippen LogP contribution in [0.15, 0.2) is 206 Å². The molecule has 8 rings (SSSR count). The van der Waals surface area contributed by atoms with Crippen molar-refractivity contribution in [2.75, 3.05) is 12.3 Å². The fraction of sp³-hybridized carbons (Fsp3) is 0.0400. The van der Waals surface area contributed by atoms with E-state index in [1.807, 2.05) is 78.9 Å². The predicted molar refractivity (Wildman–Crippen MR) is 231 cm³/mol. The Balaban J connectivity index is 0.000000206. The zero-order chi connectivity index (χ0) is 35.8. The van der Waals surface area contributed by atoms with E-state index >= 15 is 0 Å². The zero-order valence-electron chi connectivity index (χ0n) is 29.6. The fourth-order valence-electron chi connectivity index (χ4n) is 6.32. The first-order chi connectivity index (χ1) is 25.7. The van der Waals surface area contributed by atoms with E-state index in [4.69, 9.17) is 12.8 Å². The van der Waals surface area contributed by atoms with Gasteiger partial charge in [-0.05, 0) is 64.7 Å². The second-order valence-electron chi connectivity index (χ2n) is 12.3. The smallest absolute Gasteiger partial charge is 0.366 e. The molecule has 0 fully saturated rings. The van der Waals surface area contributed by atoms with Gasteiger partial charge in [0, 0.05) is 0 Å². The summed E-state index contributed by atoms with van der Waals surface area (Å²) in [5.41, 5.74) is 1.68. The Morgan fingerprint density at radius 2 is 0.741 bits per heavy atom. The van der Waals surface area contributed by atoms with Gasteiger partial charge in [-0.3, -0.25) is 11.8 Å². The molecule has 0 aromatic heterocycles. The van der Waals surface area contributed by atoms with Crippen LogP contribution in [0.25, 0.3) is 21.5 Å². The number of hydrogen-bond donors (Lipinski definition) is 0. The van der Waals surface area contributed by atoms with Crippen LogP contribution in [-0.2, 0) is 44.8 Å². The first kappa shape index (κ1) is 42.5. The molecule has 0 amide bonds. The maximum atomic E-state index is 7.08. The van der Waals surface area contributed by atoms with Gasteiger partial charge in [0.2, 0.25) is 0 Å². The molecule has 0 radical (unpaired) electrons. The maximum absolute atomic E-state index is 7.08. The summed E-state index contributed by atoms with van der Waals surface area (Å²) < 4.78 is 0. The van der Waals surface area contributed by atoms with Crippen LogP contribution < -0.4 is 21.2 Å². The van der Waals surface area contributed by atoms with Gasteiger partial charge in [0.15, 0.2) is 0 Å². The van der Waals surface area contributed by atoms with Gasteiger partial charge in [-0.1, -0.05) is 145 Å². The average molecular weight is 1100 g/mol. The average Bonchev–Trinajstić information content (AvgIpc) is 3.24. The van der Waals surface area contributed by atoms with Crippen molar-refractivity contribution in [2.45, 2.75) is 0 Å². The number of hydrogen-bond acceptors (Lipinski definition) is 0. The minimum atomic E-state index is -0.783. The molecular formula is C50H40Au2P2+2. The molecule has 0 nitrogen and oxygen atoms in total. The van der Waals surface area contributed by atoms with Crippen LogP contribution in [0.1, 0.15) is 11.1 Å². The Morgan fingerprint density at radius 3 is 1.19 bits per heavy atom. The number of fused-ring (bicyclic) bond motifs is 2. The summed E-state index contributed by atoms with van der Waals surface area (Å²) >= 11 is 0. The van der Waals surface area contributed by atoms with Crippen LogP contribution in [0.5, 0.6) is 0 Å². The van der Waals surface area contributed by atoms with E-state index in [9.17, 15) is 0 Å². The molecule has 0 aliphatic carbocycles. The molecule has 0 saturated carbocycles. The Hall–Kier alpha value is -4.26. The first-order valence-electron chi connectivity index (χ1n) is 17.5. The third-order valence-corrected chi connectivity index (χ3v) is 15.1. The van der Waals surface area contributed by atoms with Crippen molar-refractivity contribution in [1.29, 1.82) is 0 Å². The van der Waals surface area contributed by atoms with Gasteiger partial charge < -0.3 is 12.8 Å². The Kier molecular flexibility index (Phi) is 18.0. The topological polar surface area (TPSA) is 0 Å². The molecule has 0 aliphatic heterocycles. The molecular weight excluding hydrogens is 1060 g/mol. The molecule has 0 saturated heterocycles. The minimum absolute atomic E-state index is 0. The maximum Gasteiger partial charge on any atom is 1.00 e. The van der Waals surface area contributed by atoms with Crippen molar-refractivity contribution >= 4 is 58.6 Å². The van der Waals surface area contributed by atoms with Crippen molar-refractivity contribution in [3.05, 3.63) is 230 Å². The Morgan fingerprint density at radius 1 is 0.352 bits per heavy atom. The fourth-order valence-corrected chi connectivity index (χ4v) is 12.5. The predicted octanol–water partition coefficient (Wildman–Crippen LogP) is 10.3. The second-order valence-corrected chi connectivity index (χ2v) is 17.5. The molecule has 0 bridgehead atoms. The van der Waals surface area contributed by atoms with E-state index in [2.05, 4.69) is 139 Å². The number of rotatable bonds is 7. The molecule has 270 valence electrons. The molecule has 8 aromatic rings. The molecule has 4 heteroatoms. The Bertz CT molecular complexity index is 2210. The monoisotopic (exact) mass is 1100 g/mol. The van der Waals surface area contributed by atoms with Crippen LogP contribution in [0, 0.1) is 24.7 Å². The summed E-state index contributed by atoms with van der Waals surface area (Å²) in [7, 11) is -1.57. The molecule has 0 atom stereocenters. The SMILES string of the molecule is [Au+].[Au+].[C-]#Cc1ccc2ccccc2c1.[C-]#Cc1cccc2ccccc12.c1ccc([PH+](CC[PH+](c2ccccc2)c2ccccc2)c2ccccc2)cc1. The van der Waals surface area contributed by atoms with Gasteiger partial charge in [0.1, 0.15) is 12.3 Å². The van der Waals surface area contributed by atoms with Crippen molar-refractivity contribution in [3.8, 4) is 11.8 Å². The van der Waals surface area contributed by atoms with Crippen LogP contribution in [-0.4, -0.2) is 12.3 Å². The molecule has 0 heterocycles. The van der Waals surface area contributed by atoms with Crippen molar-refractivity contribution in [1.82, 2.24) is 0 Å². The van der Waals surface area contributed by atoms with E-state index in [0.29, 0.717) is 0 Å². The number of benzene rings is 8. The van der Waals surface area contributed by atoms with E-state index in [-0.39, 0.29) is 44.8 Å². The van der Waals surface area contributed by atoms with Crippen molar-refractivity contribution in [3.63, 3.8) is 0 Å². The quantitative estimate of drug-likeness (QED) is 0.0646. The molecule has 0 spiro atoms. The van der Waals surface area contributed by atoms with Crippen molar-refractivity contribution in [2.24, 2.45) is 0 Å². The van der Waals surface area contributed by atoms with E-state index in [1.165, 1.54) is 38.9 Å². The molecule has 54 heavy (non-hydrogen) atoms. The molecule has 0 aliphatic rings. The minimum Gasteiger partial charge on any atom is -0.366 e. The summed E-state index contributed by atoms with van der Waals surface area (Å²) in [5.74, 6) is 4.79. The normalized spacial score (nSPS) is 10.0. The van der Waals surface area contributed by atoms with Crippen LogP contribution in [0.2, 0.25) is 0 Å².